The molecule has 0 aromatic carbocycles. The van der Waals surface area contributed by atoms with Crippen LogP contribution in [-0.4, -0.2) is 43.0 Å². The molecule has 3 heterocycles. The van der Waals surface area contributed by atoms with Crippen molar-refractivity contribution in [2.75, 3.05) is 37.8 Å². The zero-order chi connectivity index (χ0) is 14.4. The fraction of sp³-hybridized carbons (Fsp3) is 0.615. The molecule has 2 aliphatic heterocycles. The van der Waals surface area contributed by atoms with E-state index in [9.17, 15) is 18.3 Å². The third kappa shape index (κ3) is 2.14. The number of aromatic nitrogens is 1. The van der Waals surface area contributed by atoms with Gasteiger partial charge in [0.2, 0.25) is 0 Å². The Kier molecular flexibility index (Phi) is 3.13. The number of halogens is 3. The quantitative estimate of drug-likeness (QED) is 0.897. The van der Waals surface area contributed by atoms with Gasteiger partial charge in [-0.3, -0.25) is 0 Å². The van der Waals surface area contributed by atoms with Gasteiger partial charge in [0.25, 0.3) is 0 Å². The molecule has 0 unspecified atom stereocenters. The summed E-state index contributed by atoms with van der Waals surface area (Å²) in [6, 6.07) is 2.03. The summed E-state index contributed by atoms with van der Waals surface area (Å²) in [5.41, 5.74) is -1.07. The Labute approximate surface area is 114 Å². The van der Waals surface area contributed by atoms with Gasteiger partial charge in [-0.15, -0.1) is 0 Å². The van der Waals surface area contributed by atoms with Gasteiger partial charge in [-0.25, -0.2) is 4.98 Å². The molecule has 1 aromatic heterocycles. The maximum atomic E-state index is 12.7. The van der Waals surface area contributed by atoms with E-state index in [0.29, 0.717) is 32.1 Å². The molecule has 3 rings (SSSR count). The lowest BCUT2D eigenvalue weighted by atomic mass is 9.82. The number of rotatable bonds is 2. The Bertz CT molecular complexity index is 509. The second-order valence-corrected chi connectivity index (χ2v) is 5.51. The molecule has 110 valence electrons. The molecule has 2 fully saturated rings. The van der Waals surface area contributed by atoms with Gasteiger partial charge in [-0.1, -0.05) is 0 Å². The van der Waals surface area contributed by atoms with E-state index in [1.807, 2.05) is 0 Å². The van der Waals surface area contributed by atoms with E-state index < -0.39 is 11.7 Å². The van der Waals surface area contributed by atoms with Crippen molar-refractivity contribution < 1.29 is 23.0 Å². The Morgan fingerprint density at radius 1 is 1.50 bits per heavy atom. The molecule has 0 amide bonds. The third-order valence-electron chi connectivity index (χ3n) is 4.23. The van der Waals surface area contributed by atoms with Crippen LogP contribution in [0.1, 0.15) is 5.56 Å². The van der Waals surface area contributed by atoms with Crippen LogP contribution < -0.4 is 4.90 Å². The standard InChI is InChI=1S/C13H15F3N2O2/c14-13(15,16)9-1-2-17-11(3-9)18-4-10-5-20-8-12(10,6-18)7-19/h1-3,10,19H,4-8H2/t10-,12-/m0/s1. The highest BCUT2D eigenvalue weighted by Gasteiger charge is 2.50. The van der Waals surface area contributed by atoms with E-state index >= 15 is 0 Å². The lowest BCUT2D eigenvalue weighted by Crippen LogP contribution is -2.34. The SMILES string of the molecule is OC[C@@]12COC[C@@H]1CN(c1cc(C(F)(F)F)ccn1)C2. The molecule has 0 aliphatic carbocycles. The molecule has 7 heteroatoms. The predicted molar refractivity (Wildman–Crippen MR) is 65.3 cm³/mol. The third-order valence-corrected chi connectivity index (χ3v) is 4.23. The number of fused-ring (bicyclic) bond motifs is 1. The van der Waals surface area contributed by atoms with Crippen molar-refractivity contribution in [3.8, 4) is 0 Å². The summed E-state index contributed by atoms with van der Waals surface area (Å²) in [6.07, 6.45) is -3.20. The van der Waals surface area contributed by atoms with Gasteiger partial charge in [-0.2, -0.15) is 13.2 Å². The molecule has 0 saturated carbocycles. The Hall–Kier alpha value is -1.34. The lowest BCUT2D eigenvalue weighted by molar-refractivity contribution is -0.137. The average molecular weight is 288 g/mol. The number of anilines is 1. The first kappa shape index (κ1) is 13.6. The summed E-state index contributed by atoms with van der Waals surface area (Å²) in [6.45, 7) is 2.00. The average Bonchev–Trinajstić information content (AvgIpc) is 2.94. The summed E-state index contributed by atoms with van der Waals surface area (Å²) >= 11 is 0. The molecule has 2 aliphatic rings. The smallest absolute Gasteiger partial charge is 0.396 e. The van der Waals surface area contributed by atoms with Crippen LogP contribution >= 0.6 is 0 Å². The zero-order valence-corrected chi connectivity index (χ0v) is 10.7. The molecule has 2 atom stereocenters. The Morgan fingerprint density at radius 2 is 2.30 bits per heavy atom. The van der Waals surface area contributed by atoms with Gasteiger partial charge in [0.05, 0.1) is 25.4 Å². The summed E-state index contributed by atoms with van der Waals surface area (Å²) < 4.78 is 43.5. The highest BCUT2D eigenvalue weighted by atomic mass is 19.4. The highest BCUT2D eigenvalue weighted by molar-refractivity contribution is 5.44. The number of hydrogen-bond acceptors (Lipinski definition) is 4. The van der Waals surface area contributed by atoms with E-state index in [1.54, 1.807) is 4.90 Å². The number of pyridine rings is 1. The van der Waals surface area contributed by atoms with Crippen molar-refractivity contribution in [1.29, 1.82) is 0 Å². The summed E-state index contributed by atoms with van der Waals surface area (Å²) in [5.74, 6) is 0.450. The Balaban J connectivity index is 1.85. The number of ether oxygens (including phenoxy) is 1. The van der Waals surface area contributed by atoms with E-state index in [4.69, 9.17) is 4.74 Å². The molecular weight excluding hydrogens is 273 g/mol. The number of nitrogens with zero attached hydrogens (tertiary/aromatic N) is 2. The molecule has 0 bridgehead atoms. The van der Waals surface area contributed by atoms with E-state index in [1.165, 1.54) is 6.20 Å². The van der Waals surface area contributed by atoms with Crippen molar-refractivity contribution in [2.24, 2.45) is 11.3 Å². The van der Waals surface area contributed by atoms with Crippen LogP contribution in [0.4, 0.5) is 19.0 Å². The van der Waals surface area contributed by atoms with Gasteiger partial charge in [-0.05, 0) is 12.1 Å². The Morgan fingerprint density at radius 3 is 2.95 bits per heavy atom. The molecule has 0 radical (unpaired) electrons. The van der Waals surface area contributed by atoms with Crippen LogP contribution in [0.2, 0.25) is 0 Å². The molecule has 4 nitrogen and oxygen atoms in total. The molecule has 1 N–H and O–H groups in total. The second kappa shape index (κ2) is 4.60. The van der Waals surface area contributed by atoms with Gasteiger partial charge < -0.3 is 14.7 Å². The van der Waals surface area contributed by atoms with Gasteiger partial charge in [0.15, 0.2) is 0 Å². The van der Waals surface area contributed by atoms with Gasteiger partial charge >= 0.3 is 6.18 Å². The summed E-state index contributed by atoms with van der Waals surface area (Å²) in [7, 11) is 0. The van der Waals surface area contributed by atoms with E-state index in [0.717, 1.165) is 12.1 Å². The molecule has 0 spiro atoms. The topological polar surface area (TPSA) is 45.6 Å². The fourth-order valence-corrected chi connectivity index (χ4v) is 3.00. The number of alkyl halides is 3. The van der Waals surface area contributed by atoms with Gasteiger partial charge in [0.1, 0.15) is 5.82 Å². The first-order valence-corrected chi connectivity index (χ1v) is 6.41. The highest BCUT2D eigenvalue weighted by Crippen LogP contribution is 2.42. The van der Waals surface area contributed by atoms with Crippen LogP contribution in [0.3, 0.4) is 0 Å². The number of aliphatic hydroxyl groups excluding tert-OH is 1. The minimum absolute atomic E-state index is 0.0207. The van der Waals surface area contributed by atoms with Crippen molar-refractivity contribution in [3.05, 3.63) is 23.9 Å². The van der Waals surface area contributed by atoms with E-state index in [-0.39, 0.29) is 17.9 Å². The second-order valence-electron chi connectivity index (χ2n) is 5.51. The van der Waals surface area contributed by atoms with Crippen LogP contribution in [0.5, 0.6) is 0 Å². The monoisotopic (exact) mass is 288 g/mol. The van der Waals surface area contributed by atoms with Crippen molar-refractivity contribution >= 4 is 5.82 Å². The predicted octanol–water partition coefficient (Wildman–Crippen LogP) is 1.55. The van der Waals surface area contributed by atoms with Crippen molar-refractivity contribution in [3.63, 3.8) is 0 Å². The zero-order valence-electron chi connectivity index (χ0n) is 10.7. The van der Waals surface area contributed by atoms with Gasteiger partial charge in [0, 0.05) is 30.6 Å². The first-order valence-electron chi connectivity index (χ1n) is 6.41. The minimum Gasteiger partial charge on any atom is -0.396 e. The first-order chi connectivity index (χ1) is 9.44. The molecule has 2 saturated heterocycles. The van der Waals surface area contributed by atoms with Crippen molar-refractivity contribution in [1.82, 2.24) is 4.98 Å². The van der Waals surface area contributed by atoms with Crippen LogP contribution in [0, 0.1) is 11.3 Å². The molecule has 20 heavy (non-hydrogen) atoms. The normalized spacial score (nSPS) is 29.8. The maximum absolute atomic E-state index is 12.7. The van der Waals surface area contributed by atoms with E-state index in [2.05, 4.69) is 4.98 Å². The lowest BCUT2D eigenvalue weighted by Gasteiger charge is -2.24. The number of hydrogen-bond donors (Lipinski definition) is 1. The number of aliphatic hydroxyl groups is 1. The fourth-order valence-electron chi connectivity index (χ4n) is 3.00. The maximum Gasteiger partial charge on any atom is 0.416 e. The van der Waals surface area contributed by atoms with Crippen LogP contribution in [0.15, 0.2) is 18.3 Å². The summed E-state index contributed by atoms with van der Waals surface area (Å²) in [4.78, 5) is 5.84. The van der Waals surface area contributed by atoms with Crippen LogP contribution in [-0.2, 0) is 10.9 Å². The van der Waals surface area contributed by atoms with Crippen LogP contribution in [0.25, 0.3) is 0 Å². The minimum atomic E-state index is -4.37. The molecular formula is C13H15F3N2O2. The molecule has 1 aromatic rings. The summed E-state index contributed by atoms with van der Waals surface area (Å²) in [5, 5.41) is 9.57. The largest absolute Gasteiger partial charge is 0.416 e. The van der Waals surface area contributed by atoms with Crippen molar-refractivity contribution in [2.45, 2.75) is 6.18 Å².